The van der Waals surface area contributed by atoms with E-state index in [1.807, 2.05) is 0 Å². The van der Waals surface area contributed by atoms with Crippen LogP contribution in [0.1, 0.15) is 6.42 Å². The maximum Gasteiger partial charge on any atom is 0.315 e. The van der Waals surface area contributed by atoms with Crippen LogP contribution in [0.2, 0.25) is 0 Å². The van der Waals surface area contributed by atoms with Crippen molar-refractivity contribution in [2.24, 2.45) is 11.5 Å². The first kappa shape index (κ1) is 8.79. The molecule has 0 saturated carbocycles. The molecule has 3 amide bonds. The zero-order chi connectivity index (χ0) is 9.30. The first-order valence-corrected chi connectivity index (χ1v) is 3.56. The van der Waals surface area contributed by atoms with Gasteiger partial charge in [0.15, 0.2) is 0 Å². The normalized spacial score (nSPS) is 28.9. The Morgan fingerprint density at radius 1 is 1.42 bits per heavy atom. The van der Waals surface area contributed by atoms with Gasteiger partial charge in [-0.05, 0) is 0 Å². The Kier molecular flexibility index (Phi) is 2.18. The lowest BCUT2D eigenvalue weighted by molar-refractivity contribution is -0.121. The summed E-state index contributed by atoms with van der Waals surface area (Å²) >= 11 is 0. The Hall–Kier alpha value is -1.30. The van der Waals surface area contributed by atoms with Gasteiger partial charge in [0.1, 0.15) is 6.04 Å². The molecular formula is C6H11N3O3. The van der Waals surface area contributed by atoms with Gasteiger partial charge in [-0.15, -0.1) is 0 Å². The number of amides is 3. The summed E-state index contributed by atoms with van der Waals surface area (Å²) in [6, 6.07) is -1.48. The third kappa shape index (κ3) is 1.48. The monoisotopic (exact) mass is 173 g/mol. The van der Waals surface area contributed by atoms with Gasteiger partial charge in [-0.3, -0.25) is 4.79 Å². The number of hydrogen-bond acceptors (Lipinski definition) is 3. The topological polar surface area (TPSA) is 110 Å². The molecule has 2 atom stereocenters. The van der Waals surface area contributed by atoms with Gasteiger partial charge in [-0.1, -0.05) is 0 Å². The van der Waals surface area contributed by atoms with E-state index in [-0.39, 0.29) is 13.0 Å². The number of β-amino-alcohol motifs (C(OH)–C–C–N with tert-alkyl or cyclic N) is 1. The van der Waals surface area contributed by atoms with Crippen LogP contribution < -0.4 is 11.5 Å². The van der Waals surface area contributed by atoms with E-state index in [2.05, 4.69) is 0 Å². The minimum Gasteiger partial charge on any atom is -0.391 e. The van der Waals surface area contributed by atoms with Crippen LogP contribution in [0.25, 0.3) is 0 Å². The predicted molar refractivity (Wildman–Crippen MR) is 39.9 cm³/mol. The number of aliphatic hydroxyl groups is 1. The minimum absolute atomic E-state index is 0.0863. The number of carbonyl (C=O) groups excluding carboxylic acids is 2. The van der Waals surface area contributed by atoms with E-state index in [9.17, 15) is 9.59 Å². The van der Waals surface area contributed by atoms with Crippen LogP contribution in [0.4, 0.5) is 4.79 Å². The number of urea groups is 1. The van der Waals surface area contributed by atoms with Crippen LogP contribution in [0.5, 0.6) is 0 Å². The smallest absolute Gasteiger partial charge is 0.315 e. The minimum atomic E-state index is -0.752. The number of carbonyl (C=O) groups is 2. The van der Waals surface area contributed by atoms with E-state index in [1.165, 1.54) is 0 Å². The van der Waals surface area contributed by atoms with Crippen LogP contribution in [0.15, 0.2) is 0 Å². The lowest BCUT2D eigenvalue weighted by Gasteiger charge is -2.18. The van der Waals surface area contributed by atoms with E-state index in [1.54, 1.807) is 0 Å². The molecular weight excluding hydrogens is 162 g/mol. The molecule has 1 rings (SSSR count). The molecule has 1 fully saturated rings. The molecule has 6 heteroatoms. The van der Waals surface area contributed by atoms with E-state index >= 15 is 0 Å². The number of aliphatic hydroxyl groups excluding tert-OH is 1. The fourth-order valence-electron chi connectivity index (χ4n) is 1.33. The molecule has 12 heavy (non-hydrogen) atoms. The number of nitrogens with two attached hydrogens (primary N) is 2. The molecule has 5 N–H and O–H groups in total. The summed E-state index contributed by atoms with van der Waals surface area (Å²) in [4.78, 5) is 22.5. The highest BCUT2D eigenvalue weighted by molar-refractivity contribution is 5.86. The maximum absolute atomic E-state index is 10.7. The molecule has 68 valence electrons. The van der Waals surface area contributed by atoms with E-state index < -0.39 is 24.1 Å². The summed E-state index contributed by atoms with van der Waals surface area (Å²) in [7, 11) is 0. The third-order valence-electron chi connectivity index (χ3n) is 1.89. The molecule has 6 nitrogen and oxygen atoms in total. The van der Waals surface area contributed by atoms with E-state index in [0.717, 1.165) is 4.90 Å². The average Bonchev–Trinajstić information content (AvgIpc) is 2.31. The van der Waals surface area contributed by atoms with Crippen molar-refractivity contribution < 1.29 is 14.7 Å². The van der Waals surface area contributed by atoms with Gasteiger partial charge >= 0.3 is 6.03 Å². The van der Waals surface area contributed by atoms with Gasteiger partial charge < -0.3 is 21.5 Å². The third-order valence-corrected chi connectivity index (χ3v) is 1.89. The van der Waals surface area contributed by atoms with Crippen LogP contribution in [-0.4, -0.2) is 40.6 Å². The van der Waals surface area contributed by atoms with Gasteiger partial charge in [0.25, 0.3) is 0 Å². The van der Waals surface area contributed by atoms with Crippen molar-refractivity contribution in [3.63, 3.8) is 0 Å². The zero-order valence-corrected chi connectivity index (χ0v) is 6.43. The van der Waals surface area contributed by atoms with Gasteiger partial charge in [-0.25, -0.2) is 4.79 Å². The number of likely N-dealkylation sites (tertiary alicyclic amines) is 1. The largest absolute Gasteiger partial charge is 0.391 e. The summed E-state index contributed by atoms with van der Waals surface area (Å²) in [5.74, 6) is -0.634. The quantitative estimate of drug-likeness (QED) is 0.426. The Balaban J connectivity index is 2.72. The molecule has 0 spiro atoms. The lowest BCUT2D eigenvalue weighted by Crippen LogP contribution is -2.46. The predicted octanol–water partition coefficient (Wildman–Crippen LogP) is -2.01. The Morgan fingerprint density at radius 2 is 2.00 bits per heavy atom. The first-order chi connectivity index (χ1) is 5.52. The van der Waals surface area contributed by atoms with E-state index in [4.69, 9.17) is 16.6 Å². The molecule has 1 saturated heterocycles. The Morgan fingerprint density at radius 3 is 2.33 bits per heavy atom. The standard InChI is InChI=1S/C6H11N3O3/c7-5(11)4-1-3(10)2-9(4)6(8)12/h3-4,10H,1-2H2,(H2,7,11)(H2,8,12)/t3?,4-/m1/s1. The van der Waals surface area contributed by atoms with Crippen molar-refractivity contribution in [2.45, 2.75) is 18.6 Å². The summed E-state index contributed by atoms with van der Waals surface area (Å²) in [6.07, 6.45) is -0.520. The Labute approximate surface area is 69.1 Å². The molecule has 0 bridgehead atoms. The number of rotatable bonds is 1. The van der Waals surface area contributed by atoms with Crippen LogP contribution in [0.3, 0.4) is 0 Å². The first-order valence-electron chi connectivity index (χ1n) is 3.56. The zero-order valence-electron chi connectivity index (χ0n) is 6.43. The van der Waals surface area contributed by atoms with Crippen molar-refractivity contribution in [1.82, 2.24) is 4.90 Å². The molecule has 0 aromatic heterocycles. The van der Waals surface area contributed by atoms with Crippen molar-refractivity contribution in [3.05, 3.63) is 0 Å². The average molecular weight is 173 g/mol. The molecule has 0 aliphatic carbocycles. The van der Waals surface area contributed by atoms with Crippen LogP contribution in [0, 0.1) is 0 Å². The molecule has 0 aromatic rings. The highest BCUT2D eigenvalue weighted by atomic mass is 16.3. The van der Waals surface area contributed by atoms with Gasteiger partial charge in [0.05, 0.1) is 6.10 Å². The SMILES string of the molecule is NC(=O)[C@H]1CC(O)CN1C(N)=O. The molecule has 0 radical (unpaired) electrons. The highest BCUT2D eigenvalue weighted by Crippen LogP contribution is 2.16. The summed E-state index contributed by atoms with van der Waals surface area (Å²) in [5, 5.41) is 9.11. The highest BCUT2D eigenvalue weighted by Gasteiger charge is 2.36. The van der Waals surface area contributed by atoms with Gasteiger partial charge in [-0.2, -0.15) is 0 Å². The number of primary amides is 2. The molecule has 1 aliphatic heterocycles. The van der Waals surface area contributed by atoms with Crippen molar-refractivity contribution >= 4 is 11.9 Å². The van der Waals surface area contributed by atoms with E-state index in [0.29, 0.717) is 0 Å². The van der Waals surface area contributed by atoms with Crippen LogP contribution in [-0.2, 0) is 4.79 Å². The Bertz CT molecular complexity index is 196. The fourth-order valence-corrected chi connectivity index (χ4v) is 1.33. The lowest BCUT2D eigenvalue weighted by atomic mass is 10.2. The summed E-state index contributed by atoms with van der Waals surface area (Å²) in [6.45, 7) is 0.0863. The molecule has 1 heterocycles. The van der Waals surface area contributed by atoms with Gasteiger partial charge in [0.2, 0.25) is 5.91 Å². The fraction of sp³-hybridized carbons (Fsp3) is 0.667. The van der Waals surface area contributed by atoms with Gasteiger partial charge in [0, 0.05) is 13.0 Å². The second kappa shape index (κ2) is 2.98. The molecule has 1 unspecified atom stereocenters. The summed E-state index contributed by atoms with van der Waals surface area (Å²) in [5.41, 5.74) is 9.94. The number of hydrogen-bond donors (Lipinski definition) is 3. The van der Waals surface area contributed by atoms with Crippen molar-refractivity contribution in [2.75, 3.05) is 6.54 Å². The molecule has 0 aromatic carbocycles. The summed E-state index contributed by atoms with van der Waals surface area (Å²) < 4.78 is 0. The van der Waals surface area contributed by atoms with Crippen molar-refractivity contribution in [3.8, 4) is 0 Å². The second-order valence-corrected chi connectivity index (χ2v) is 2.80. The molecule has 1 aliphatic rings. The van der Waals surface area contributed by atoms with Crippen LogP contribution >= 0.6 is 0 Å². The van der Waals surface area contributed by atoms with Crippen molar-refractivity contribution in [1.29, 1.82) is 0 Å². The second-order valence-electron chi connectivity index (χ2n) is 2.80. The number of nitrogens with zero attached hydrogens (tertiary/aromatic N) is 1. The maximum atomic E-state index is 10.7.